The summed E-state index contributed by atoms with van der Waals surface area (Å²) in [5.74, 6) is 0. The van der Waals surface area contributed by atoms with Crippen molar-refractivity contribution in [2.45, 2.75) is 52.2 Å². The highest BCUT2D eigenvalue weighted by molar-refractivity contribution is 5.06. The van der Waals surface area contributed by atoms with Crippen molar-refractivity contribution in [1.29, 1.82) is 5.26 Å². The van der Waals surface area contributed by atoms with E-state index in [-0.39, 0.29) is 0 Å². The molecule has 0 bridgehead atoms. The molecular weight excluding hydrogens is 224 g/mol. The lowest BCUT2D eigenvalue weighted by Gasteiger charge is -2.40. The van der Waals surface area contributed by atoms with Crippen molar-refractivity contribution in [3.63, 3.8) is 0 Å². The maximum absolute atomic E-state index is 9.36. The third-order valence-corrected chi connectivity index (χ3v) is 3.53. The third kappa shape index (κ3) is 4.56. The second-order valence-electron chi connectivity index (χ2n) is 6.15. The van der Waals surface area contributed by atoms with Crippen LogP contribution in [0.1, 0.15) is 34.6 Å². The summed E-state index contributed by atoms with van der Waals surface area (Å²) in [4.78, 5) is 4.90. The number of piperazine rings is 1. The van der Waals surface area contributed by atoms with Crippen molar-refractivity contribution in [1.82, 2.24) is 15.1 Å². The molecule has 104 valence electrons. The van der Waals surface area contributed by atoms with Gasteiger partial charge >= 0.3 is 0 Å². The second-order valence-corrected chi connectivity index (χ2v) is 6.15. The van der Waals surface area contributed by atoms with Crippen molar-refractivity contribution in [3.05, 3.63) is 0 Å². The number of hydrogen-bond acceptors (Lipinski definition) is 4. The second kappa shape index (κ2) is 6.51. The predicted molar refractivity (Wildman–Crippen MR) is 75.4 cm³/mol. The molecule has 1 heterocycles. The minimum Gasteiger partial charge on any atom is -0.298 e. The molecule has 0 saturated carbocycles. The van der Waals surface area contributed by atoms with Gasteiger partial charge in [0.15, 0.2) is 0 Å². The van der Waals surface area contributed by atoms with Gasteiger partial charge in [-0.3, -0.25) is 15.1 Å². The fraction of sp³-hybridized carbons (Fsp3) is 0.929. The van der Waals surface area contributed by atoms with Crippen LogP contribution in [-0.4, -0.2) is 60.1 Å². The van der Waals surface area contributed by atoms with E-state index >= 15 is 0 Å². The van der Waals surface area contributed by atoms with Gasteiger partial charge in [0.05, 0.1) is 6.07 Å². The Labute approximate surface area is 112 Å². The highest BCUT2D eigenvalue weighted by Crippen LogP contribution is 2.11. The molecule has 1 rings (SSSR count). The van der Waals surface area contributed by atoms with Crippen LogP contribution in [-0.2, 0) is 0 Å². The van der Waals surface area contributed by atoms with Crippen molar-refractivity contribution < 1.29 is 0 Å². The van der Waals surface area contributed by atoms with E-state index in [0.717, 1.165) is 32.7 Å². The third-order valence-electron chi connectivity index (χ3n) is 3.53. The first-order valence-corrected chi connectivity index (χ1v) is 7.01. The lowest BCUT2D eigenvalue weighted by Crippen LogP contribution is -2.57. The summed E-state index contributed by atoms with van der Waals surface area (Å²) in [7, 11) is 0. The molecular formula is C14H28N4. The van der Waals surface area contributed by atoms with E-state index in [9.17, 15) is 5.26 Å². The molecule has 0 aromatic carbocycles. The summed E-state index contributed by atoms with van der Waals surface area (Å²) < 4.78 is 0. The number of rotatable bonds is 5. The van der Waals surface area contributed by atoms with Crippen LogP contribution in [0.3, 0.4) is 0 Å². The summed E-state index contributed by atoms with van der Waals surface area (Å²) in [5, 5.41) is 12.7. The molecule has 1 unspecified atom stereocenters. The molecule has 18 heavy (non-hydrogen) atoms. The monoisotopic (exact) mass is 252 g/mol. The predicted octanol–water partition coefficient (Wildman–Crippen LogP) is 1.29. The fourth-order valence-electron chi connectivity index (χ4n) is 2.64. The molecule has 1 aliphatic rings. The van der Waals surface area contributed by atoms with Gasteiger partial charge in [-0.1, -0.05) is 0 Å². The Bertz CT molecular complexity index is 287. The smallest absolute Gasteiger partial charge is 0.116 e. The zero-order valence-electron chi connectivity index (χ0n) is 12.5. The number of hydrogen-bond donors (Lipinski definition) is 1. The van der Waals surface area contributed by atoms with E-state index in [1.807, 2.05) is 6.92 Å². The van der Waals surface area contributed by atoms with E-state index in [1.54, 1.807) is 0 Å². The first-order valence-electron chi connectivity index (χ1n) is 7.01. The van der Waals surface area contributed by atoms with Crippen LogP contribution in [0.25, 0.3) is 0 Å². The Kier molecular flexibility index (Phi) is 5.58. The van der Waals surface area contributed by atoms with Gasteiger partial charge in [-0.15, -0.1) is 0 Å². The minimum absolute atomic E-state index is 0.339. The normalized spacial score (nSPS) is 22.1. The van der Waals surface area contributed by atoms with E-state index in [1.165, 1.54) is 0 Å². The molecule has 0 radical (unpaired) electrons. The number of nitrogens with zero attached hydrogens (tertiary/aromatic N) is 3. The van der Waals surface area contributed by atoms with Crippen molar-refractivity contribution >= 4 is 0 Å². The van der Waals surface area contributed by atoms with Gasteiger partial charge in [-0.05, 0) is 34.6 Å². The molecule has 0 aromatic rings. The molecule has 0 aliphatic carbocycles. The molecule has 1 fully saturated rings. The standard InChI is InChI=1S/C14H28N4/c1-12(2)16-14(5,10-15)11-17-6-8-18(9-7-17)13(3)4/h12-13,16H,6-9,11H2,1-5H3. The molecule has 1 aliphatic heterocycles. The Balaban J connectivity index is 2.46. The summed E-state index contributed by atoms with van der Waals surface area (Å²) in [6, 6.07) is 3.39. The average Bonchev–Trinajstić information content (AvgIpc) is 2.28. The van der Waals surface area contributed by atoms with Gasteiger partial charge in [-0.25, -0.2) is 0 Å². The molecule has 4 nitrogen and oxygen atoms in total. The van der Waals surface area contributed by atoms with E-state index in [0.29, 0.717) is 12.1 Å². The lowest BCUT2D eigenvalue weighted by atomic mass is 10.0. The highest BCUT2D eigenvalue weighted by atomic mass is 15.3. The van der Waals surface area contributed by atoms with E-state index in [2.05, 4.69) is 48.9 Å². The zero-order valence-corrected chi connectivity index (χ0v) is 12.5. The zero-order chi connectivity index (χ0) is 13.8. The van der Waals surface area contributed by atoms with Crippen LogP contribution in [0.2, 0.25) is 0 Å². The molecule has 1 atom stereocenters. The van der Waals surface area contributed by atoms with E-state index in [4.69, 9.17) is 0 Å². The molecule has 1 saturated heterocycles. The first kappa shape index (κ1) is 15.4. The Morgan fingerprint density at radius 1 is 1.17 bits per heavy atom. The average molecular weight is 252 g/mol. The quantitative estimate of drug-likeness (QED) is 0.801. The maximum atomic E-state index is 9.36. The van der Waals surface area contributed by atoms with E-state index < -0.39 is 5.54 Å². The van der Waals surface area contributed by atoms with Gasteiger partial charge in [0, 0.05) is 44.8 Å². The topological polar surface area (TPSA) is 42.3 Å². The largest absolute Gasteiger partial charge is 0.298 e. The molecule has 1 N–H and O–H groups in total. The van der Waals surface area contributed by atoms with Crippen LogP contribution < -0.4 is 5.32 Å². The van der Waals surface area contributed by atoms with Crippen LogP contribution in [0.4, 0.5) is 0 Å². The van der Waals surface area contributed by atoms with Gasteiger partial charge in [0.25, 0.3) is 0 Å². The fourth-order valence-corrected chi connectivity index (χ4v) is 2.64. The minimum atomic E-state index is -0.436. The van der Waals surface area contributed by atoms with Crippen molar-refractivity contribution in [3.8, 4) is 6.07 Å². The van der Waals surface area contributed by atoms with Gasteiger partial charge in [0.2, 0.25) is 0 Å². The van der Waals surface area contributed by atoms with Crippen LogP contribution >= 0.6 is 0 Å². The summed E-state index contributed by atoms with van der Waals surface area (Å²) in [6.45, 7) is 15.8. The SMILES string of the molecule is CC(C)NC(C)(C#N)CN1CCN(C(C)C)CC1. The van der Waals surface area contributed by atoms with Crippen molar-refractivity contribution in [2.75, 3.05) is 32.7 Å². The maximum Gasteiger partial charge on any atom is 0.116 e. The van der Waals surface area contributed by atoms with Crippen LogP contribution in [0.15, 0.2) is 0 Å². The number of nitrogens with one attached hydrogen (secondary N) is 1. The Morgan fingerprint density at radius 2 is 1.72 bits per heavy atom. The Morgan fingerprint density at radius 3 is 2.11 bits per heavy atom. The molecule has 0 amide bonds. The molecule has 0 aromatic heterocycles. The van der Waals surface area contributed by atoms with Gasteiger partial charge < -0.3 is 0 Å². The van der Waals surface area contributed by atoms with Crippen LogP contribution in [0, 0.1) is 11.3 Å². The van der Waals surface area contributed by atoms with Crippen molar-refractivity contribution in [2.24, 2.45) is 0 Å². The summed E-state index contributed by atoms with van der Waals surface area (Å²) >= 11 is 0. The number of nitriles is 1. The lowest BCUT2D eigenvalue weighted by molar-refractivity contribution is 0.0939. The highest BCUT2D eigenvalue weighted by Gasteiger charge is 2.29. The van der Waals surface area contributed by atoms with Crippen LogP contribution in [0.5, 0.6) is 0 Å². The van der Waals surface area contributed by atoms with Gasteiger partial charge in [0.1, 0.15) is 5.54 Å². The Hall–Kier alpha value is -0.630. The summed E-state index contributed by atoms with van der Waals surface area (Å²) in [6.07, 6.45) is 0. The summed E-state index contributed by atoms with van der Waals surface area (Å²) in [5.41, 5.74) is -0.436. The van der Waals surface area contributed by atoms with Gasteiger partial charge in [-0.2, -0.15) is 5.26 Å². The first-order chi connectivity index (χ1) is 8.36. The molecule has 0 spiro atoms. The molecule has 4 heteroatoms.